The molecule has 2 rings (SSSR count). The summed E-state index contributed by atoms with van der Waals surface area (Å²) < 4.78 is 26.1. The minimum absolute atomic E-state index is 0.0716. The van der Waals surface area contributed by atoms with Crippen molar-refractivity contribution in [1.29, 1.82) is 0 Å². The van der Waals surface area contributed by atoms with Gasteiger partial charge in [-0.25, -0.2) is 8.42 Å². The third-order valence-electron chi connectivity index (χ3n) is 2.60. The fourth-order valence-electron chi connectivity index (χ4n) is 1.60. The lowest BCUT2D eigenvalue weighted by atomic mass is 10.00. The standard InChI is InChI=1S/C14H13NO3S/c16-14-9-5-4-6-12(14)10-11-15-19(17,18)13-7-2-1-3-8-13/h1-12,15H/b11-10+. The van der Waals surface area contributed by atoms with Crippen molar-refractivity contribution in [2.45, 2.75) is 4.90 Å². The van der Waals surface area contributed by atoms with E-state index in [-0.39, 0.29) is 10.7 Å². The second-order valence-corrected chi connectivity index (χ2v) is 5.68. The number of ketones is 1. The first-order valence-corrected chi connectivity index (χ1v) is 7.21. The average Bonchev–Trinajstić information content (AvgIpc) is 2.42. The summed E-state index contributed by atoms with van der Waals surface area (Å²) >= 11 is 0. The van der Waals surface area contributed by atoms with E-state index in [1.165, 1.54) is 30.5 Å². The van der Waals surface area contributed by atoms with Crippen molar-refractivity contribution >= 4 is 15.8 Å². The van der Waals surface area contributed by atoms with Crippen molar-refractivity contribution in [2.75, 3.05) is 0 Å². The van der Waals surface area contributed by atoms with Gasteiger partial charge in [0.05, 0.1) is 10.8 Å². The Labute approximate surface area is 112 Å². The van der Waals surface area contributed by atoms with Gasteiger partial charge in [0.15, 0.2) is 5.78 Å². The van der Waals surface area contributed by atoms with Gasteiger partial charge in [0.1, 0.15) is 0 Å². The van der Waals surface area contributed by atoms with Gasteiger partial charge in [-0.2, -0.15) is 0 Å². The predicted octanol–water partition coefficient (Wildman–Crippen LogP) is 1.79. The third kappa shape index (κ3) is 3.42. The van der Waals surface area contributed by atoms with E-state index in [4.69, 9.17) is 0 Å². The Bertz CT molecular complexity index is 643. The molecule has 0 heterocycles. The monoisotopic (exact) mass is 275 g/mol. The van der Waals surface area contributed by atoms with Crippen molar-refractivity contribution in [2.24, 2.45) is 5.92 Å². The van der Waals surface area contributed by atoms with Crippen molar-refractivity contribution in [3.63, 3.8) is 0 Å². The third-order valence-corrected chi connectivity index (χ3v) is 3.94. The van der Waals surface area contributed by atoms with Crippen molar-refractivity contribution in [3.8, 4) is 0 Å². The van der Waals surface area contributed by atoms with Crippen LogP contribution in [-0.2, 0) is 14.8 Å². The highest BCUT2D eigenvalue weighted by atomic mass is 32.2. The second-order valence-electron chi connectivity index (χ2n) is 3.97. The molecule has 0 aliphatic heterocycles. The number of nitrogens with one attached hydrogen (secondary N) is 1. The topological polar surface area (TPSA) is 63.2 Å². The highest BCUT2D eigenvalue weighted by molar-refractivity contribution is 7.89. The first-order chi connectivity index (χ1) is 9.09. The van der Waals surface area contributed by atoms with Gasteiger partial charge in [0.2, 0.25) is 0 Å². The SMILES string of the molecule is O=C1C=CC=CC1/C=C/NS(=O)(=O)c1ccccc1. The Morgan fingerprint density at radius 2 is 1.84 bits per heavy atom. The largest absolute Gasteiger partial charge is 0.294 e. The maximum absolute atomic E-state index is 11.9. The van der Waals surface area contributed by atoms with Gasteiger partial charge in [-0.3, -0.25) is 9.52 Å². The summed E-state index contributed by atoms with van der Waals surface area (Å²) in [7, 11) is -3.57. The van der Waals surface area contributed by atoms with E-state index in [1.807, 2.05) is 0 Å². The Hall–Kier alpha value is -2.14. The summed E-state index contributed by atoms with van der Waals surface area (Å²) in [5.41, 5.74) is 0. The summed E-state index contributed by atoms with van der Waals surface area (Å²) in [6.07, 6.45) is 9.37. The van der Waals surface area contributed by atoms with Crippen LogP contribution in [0.15, 0.2) is 71.8 Å². The number of hydrogen-bond donors (Lipinski definition) is 1. The van der Waals surface area contributed by atoms with E-state index >= 15 is 0 Å². The number of sulfonamides is 1. The minimum atomic E-state index is -3.57. The van der Waals surface area contributed by atoms with Crippen LogP contribution in [0.2, 0.25) is 0 Å². The quantitative estimate of drug-likeness (QED) is 0.911. The van der Waals surface area contributed by atoms with Crippen LogP contribution in [0.3, 0.4) is 0 Å². The number of rotatable bonds is 4. The molecule has 0 amide bonds. The van der Waals surface area contributed by atoms with Crippen LogP contribution < -0.4 is 4.72 Å². The molecule has 4 nitrogen and oxygen atoms in total. The van der Waals surface area contributed by atoms with Gasteiger partial charge in [0.25, 0.3) is 10.0 Å². The zero-order valence-corrected chi connectivity index (χ0v) is 10.9. The molecule has 0 aromatic heterocycles. The van der Waals surface area contributed by atoms with Crippen LogP contribution in [0.4, 0.5) is 0 Å². The van der Waals surface area contributed by atoms with E-state index in [9.17, 15) is 13.2 Å². The summed E-state index contributed by atoms with van der Waals surface area (Å²) in [6.45, 7) is 0. The minimum Gasteiger partial charge on any atom is -0.294 e. The van der Waals surface area contributed by atoms with Gasteiger partial charge in [-0.15, -0.1) is 0 Å². The lowest BCUT2D eigenvalue weighted by molar-refractivity contribution is -0.115. The van der Waals surface area contributed by atoms with Gasteiger partial charge >= 0.3 is 0 Å². The van der Waals surface area contributed by atoms with Gasteiger partial charge in [-0.1, -0.05) is 42.5 Å². The van der Waals surface area contributed by atoms with Crippen LogP contribution in [0.25, 0.3) is 0 Å². The molecule has 0 fully saturated rings. The van der Waals surface area contributed by atoms with E-state index in [1.54, 1.807) is 36.4 Å². The van der Waals surface area contributed by atoms with Crippen LogP contribution in [0, 0.1) is 5.92 Å². The molecule has 98 valence electrons. The molecular weight excluding hydrogens is 262 g/mol. The second kappa shape index (κ2) is 5.67. The van der Waals surface area contributed by atoms with E-state index in [0.29, 0.717) is 0 Å². The lowest BCUT2D eigenvalue weighted by Gasteiger charge is -2.07. The maximum atomic E-state index is 11.9. The number of allylic oxidation sites excluding steroid dienone is 5. The zero-order valence-electron chi connectivity index (χ0n) is 10.1. The average molecular weight is 275 g/mol. The van der Waals surface area contributed by atoms with Crippen LogP contribution in [0.1, 0.15) is 0 Å². The molecule has 1 aliphatic rings. The molecule has 1 aromatic rings. The van der Waals surface area contributed by atoms with E-state index in [0.717, 1.165) is 0 Å². The number of benzene rings is 1. The predicted molar refractivity (Wildman–Crippen MR) is 72.7 cm³/mol. The molecule has 0 saturated heterocycles. The molecule has 0 saturated carbocycles. The Morgan fingerprint density at radius 3 is 2.53 bits per heavy atom. The van der Waals surface area contributed by atoms with Gasteiger partial charge < -0.3 is 0 Å². The molecule has 5 heteroatoms. The Balaban J connectivity index is 2.05. The van der Waals surface area contributed by atoms with E-state index < -0.39 is 15.9 Å². The molecule has 1 aliphatic carbocycles. The van der Waals surface area contributed by atoms with Crippen LogP contribution >= 0.6 is 0 Å². The highest BCUT2D eigenvalue weighted by Crippen LogP contribution is 2.10. The van der Waals surface area contributed by atoms with Crippen LogP contribution in [0.5, 0.6) is 0 Å². The molecule has 19 heavy (non-hydrogen) atoms. The fraction of sp³-hybridized carbons (Fsp3) is 0.0714. The zero-order chi connectivity index (χ0) is 13.7. The fourth-order valence-corrected chi connectivity index (χ4v) is 2.51. The number of carbonyl (C=O) groups excluding carboxylic acids is 1. The maximum Gasteiger partial charge on any atom is 0.261 e. The molecule has 1 unspecified atom stereocenters. The lowest BCUT2D eigenvalue weighted by Crippen LogP contribution is -2.18. The molecule has 0 spiro atoms. The first-order valence-electron chi connectivity index (χ1n) is 5.72. The Kier molecular flexibility index (Phi) is 3.97. The van der Waals surface area contributed by atoms with Gasteiger partial charge in [0, 0.05) is 6.20 Å². The summed E-state index contributed by atoms with van der Waals surface area (Å²) in [4.78, 5) is 11.6. The first kappa shape index (κ1) is 13.3. The Morgan fingerprint density at radius 1 is 1.11 bits per heavy atom. The van der Waals surface area contributed by atoms with Crippen molar-refractivity contribution < 1.29 is 13.2 Å². The number of carbonyl (C=O) groups is 1. The van der Waals surface area contributed by atoms with Crippen molar-refractivity contribution in [1.82, 2.24) is 4.72 Å². The summed E-state index contributed by atoms with van der Waals surface area (Å²) in [6, 6.07) is 8.05. The molecule has 1 aromatic carbocycles. The summed E-state index contributed by atoms with van der Waals surface area (Å²) in [5.74, 6) is -0.485. The van der Waals surface area contributed by atoms with E-state index in [2.05, 4.69) is 4.72 Å². The molecule has 1 N–H and O–H groups in total. The molecule has 0 bridgehead atoms. The number of hydrogen-bond acceptors (Lipinski definition) is 3. The summed E-state index contributed by atoms with van der Waals surface area (Å²) in [5, 5.41) is 0. The van der Waals surface area contributed by atoms with Gasteiger partial charge in [-0.05, 0) is 18.2 Å². The highest BCUT2D eigenvalue weighted by Gasteiger charge is 2.13. The normalized spacial score (nSPS) is 18.9. The van der Waals surface area contributed by atoms with Crippen LogP contribution in [-0.4, -0.2) is 14.2 Å². The van der Waals surface area contributed by atoms with Crippen molar-refractivity contribution in [3.05, 3.63) is 66.9 Å². The molecule has 0 radical (unpaired) electrons. The smallest absolute Gasteiger partial charge is 0.261 e. The molecule has 1 atom stereocenters. The molecular formula is C14H13NO3S.